The Bertz CT molecular complexity index is 1050. The summed E-state index contributed by atoms with van der Waals surface area (Å²) in [7, 11) is 0. The van der Waals surface area contributed by atoms with E-state index in [0.717, 1.165) is 6.07 Å². The van der Waals surface area contributed by atoms with Gasteiger partial charge in [0.1, 0.15) is 11.8 Å². The van der Waals surface area contributed by atoms with Crippen molar-refractivity contribution in [2.45, 2.75) is 58.7 Å². The Labute approximate surface area is 216 Å². The molecule has 0 aromatic heterocycles. The van der Waals surface area contributed by atoms with E-state index in [0.29, 0.717) is 37.9 Å². The van der Waals surface area contributed by atoms with Crippen molar-refractivity contribution in [3.8, 4) is 0 Å². The number of piperidine rings is 1. The van der Waals surface area contributed by atoms with Crippen molar-refractivity contribution in [2.75, 3.05) is 13.1 Å². The highest BCUT2D eigenvalue weighted by molar-refractivity contribution is 5.98. The number of amidine groups is 1. The number of likely N-dealkylation sites (tertiary alicyclic amines) is 1. The molecule has 1 aromatic rings. The molecule has 2 amide bonds. The molecule has 1 aromatic carbocycles. The highest BCUT2D eigenvalue weighted by atomic mass is 19.4. The lowest BCUT2D eigenvalue weighted by atomic mass is 9.80. The third-order valence-corrected chi connectivity index (χ3v) is 6.28. The fourth-order valence-electron chi connectivity index (χ4n) is 4.05. The average Bonchev–Trinajstić information content (AvgIpc) is 2.81. The number of halogens is 4. The second kappa shape index (κ2) is 13.2. The zero-order valence-corrected chi connectivity index (χ0v) is 21.2. The maximum atomic E-state index is 14.4. The first-order chi connectivity index (χ1) is 17.4. The van der Waals surface area contributed by atoms with Gasteiger partial charge < -0.3 is 25.2 Å². The number of carboxylic acids is 2. The normalized spacial score (nSPS) is 15.1. The Kier molecular flexibility index (Phi) is 11.2. The molecule has 1 heterocycles. The van der Waals surface area contributed by atoms with Gasteiger partial charge in [0.15, 0.2) is 0 Å². The fraction of sp³-hybridized carbons (Fsp3) is 0.542. The minimum Gasteiger partial charge on any atom is -0.542 e. The van der Waals surface area contributed by atoms with Gasteiger partial charge in [-0.3, -0.25) is 25.5 Å². The van der Waals surface area contributed by atoms with Crippen LogP contribution in [-0.2, 0) is 14.4 Å². The summed E-state index contributed by atoms with van der Waals surface area (Å²) in [5.41, 5.74) is 4.68. The SMILES string of the molecule is CCC(NC(=O)c1ccc(C(N)=[NH2+])cc1F)C(C)(C)C(=O)N1CCC(CC(=O)O)CC1.O=C([O-])C(F)(F)F. The summed E-state index contributed by atoms with van der Waals surface area (Å²) in [6, 6.07) is 3.36. The summed E-state index contributed by atoms with van der Waals surface area (Å²) in [6.45, 7) is 6.34. The van der Waals surface area contributed by atoms with E-state index in [1.807, 2.05) is 6.92 Å². The zero-order chi connectivity index (χ0) is 29.4. The molecule has 0 bridgehead atoms. The lowest BCUT2D eigenvalue weighted by Crippen LogP contribution is -2.54. The van der Waals surface area contributed by atoms with E-state index in [4.69, 9.17) is 26.2 Å². The minimum absolute atomic E-state index is 0.0452. The maximum absolute atomic E-state index is 14.4. The Morgan fingerprint density at radius 3 is 2.13 bits per heavy atom. The number of hydrogen-bond acceptors (Lipinski definition) is 5. The van der Waals surface area contributed by atoms with Crippen LogP contribution < -0.4 is 21.6 Å². The molecular weight excluding hydrogens is 516 g/mol. The highest BCUT2D eigenvalue weighted by Crippen LogP contribution is 2.30. The van der Waals surface area contributed by atoms with E-state index in [-0.39, 0.29) is 29.6 Å². The topological polar surface area (TPSA) is 178 Å². The molecule has 10 nitrogen and oxygen atoms in total. The first-order valence-corrected chi connectivity index (χ1v) is 11.7. The van der Waals surface area contributed by atoms with Crippen LogP contribution in [0.1, 0.15) is 62.4 Å². The maximum Gasteiger partial charge on any atom is 0.430 e. The van der Waals surface area contributed by atoms with E-state index in [2.05, 4.69) is 5.32 Å². The van der Waals surface area contributed by atoms with Crippen molar-refractivity contribution >= 4 is 29.6 Å². The average molecular weight is 549 g/mol. The molecule has 0 aliphatic carbocycles. The van der Waals surface area contributed by atoms with Gasteiger partial charge in [-0.2, -0.15) is 13.2 Å². The molecule has 1 fully saturated rings. The standard InChI is InChI=1S/C22H31FN4O4.C2HF3O2/c1-4-17(26-20(30)15-6-5-14(19(24)25)12-16(15)23)22(2,3)21(31)27-9-7-13(8-10-27)11-18(28)29;3-2(4,5)1(6)7/h5-6,12-13,17H,4,7-11H2,1-3H3,(H3,24,25)(H,26,30)(H,28,29);(H,6,7). The highest BCUT2D eigenvalue weighted by Gasteiger charge is 2.41. The second-order valence-electron chi connectivity index (χ2n) is 9.42. The van der Waals surface area contributed by atoms with Gasteiger partial charge in [0.05, 0.1) is 16.5 Å². The molecule has 0 saturated carbocycles. The molecule has 212 valence electrons. The summed E-state index contributed by atoms with van der Waals surface area (Å²) < 4.78 is 45.9. The number of nitrogens with zero attached hydrogens (tertiary/aromatic N) is 1. The molecule has 14 heteroatoms. The largest absolute Gasteiger partial charge is 0.542 e. The number of amides is 2. The summed E-state index contributed by atoms with van der Waals surface area (Å²) >= 11 is 0. The van der Waals surface area contributed by atoms with Crippen LogP contribution in [0.4, 0.5) is 17.6 Å². The van der Waals surface area contributed by atoms with Gasteiger partial charge in [0.25, 0.3) is 11.7 Å². The molecule has 6 N–H and O–H groups in total. The number of benzene rings is 1. The first-order valence-electron chi connectivity index (χ1n) is 11.7. The zero-order valence-electron chi connectivity index (χ0n) is 21.2. The van der Waals surface area contributed by atoms with Crippen molar-refractivity contribution in [1.82, 2.24) is 10.2 Å². The lowest BCUT2D eigenvalue weighted by molar-refractivity contribution is -0.344. The van der Waals surface area contributed by atoms with Gasteiger partial charge in [-0.25, -0.2) is 4.39 Å². The summed E-state index contributed by atoms with van der Waals surface area (Å²) in [4.78, 5) is 47.3. The van der Waals surface area contributed by atoms with Crippen LogP contribution in [0.25, 0.3) is 0 Å². The van der Waals surface area contributed by atoms with Crippen molar-refractivity contribution in [1.29, 1.82) is 0 Å². The van der Waals surface area contributed by atoms with Crippen LogP contribution in [0, 0.1) is 17.2 Å². The number of nitrogens with two attached hydrogens (primary N) is 2. The molecule has 1 unspecified atom stereocenters. The van der Waals surface area contributed by atoms with Crippen LogP contribution >= 0.6 is 0 Å². The van der Waals surface area contributed by atoms with Gasteiger partial charge in [-0.15, -0.1) is 0 Å². The van der Waals surface area contributed by atoms with E-state index >= 15 is 0 Å². The number of carboxylic acid groups (broad SMARTS) is 2. The number of carbonyl (C=O) groups excluding carboxylic acids is 3. The van der Waals surface area contributed by atoms with Crippen LogP contribution in [0.3, 0.4) is 0 Å². The number of nitrogens with one attached hydrogen (secondary N) is 1. The molecule has 1 aliphatic rings. The molecule has 0 spiro atoms. The van der Waals surface area contributed by atoms with Crippen molar-refractivity contribution in [2.24, 2.45) is 17.1 Å². The van der Waals surface area contributed by atoms with E-state index < -0.39 is 41.3 Å². The molecular formula is C24H32F4N4O6. The predicted molar refractivity (Wildman–Crippen MR) is 125 cm³/mol. The molecule has 1 saturated heterocycles. The Balaban J connectivity index is 0.000000905. The van der Waals surface area contributed by atoms with Gasteiger partial charge in [-0.1, -0.05) is 6.92 Å². The van der Waals surface area contributed by atoms with Gasteiger partial charge in [0, 0.05) is 25.6 Å². The molecule has 1 aliphatic heterocycles. The van der Waals surface area contributed by atoms with E-state index in [9.17, 15) is 31.9 Å². The quantitative estimate of drug-likeness (QED) is 0.198. The third kappa shape index (κ3) is 8.99. The van der Waals surface area contributed by atoms with E-state index in [1.165, 1.54) is 12.1 Å². The van der Waals surface area contributed by atoms with E-state index in [1.54, 1.807) is 18.7 Å². The van der Waals surface area contributed by atoms with Crippen LogP contribution in [0.5, 0.6) is 0 Å². The Morgan fingerprint density at radius 1 is 1.21 bits per heavy atom. The molecule has 38 heavy (non-hydrogen) atoms. The van der Waals surface area contributed by atoms with Gasteiger partial charge in [-0.05, 0) is 57.2 Å². The number of carbonyl (C=O) groups is 4. The molecule has 1 atom stereocenters. The number of rotatable bonds is 8. The van der Waals surface area contributed by atoms with Crippen molar-refractivity contribution in [3.63, 3.8) is 0 Å². The predicted octanol–water partition coefficient (Wildman–Crippen LogP) is -0.163. The molecule has 0 radical (unpaired) electrons. The second-order valence-corrected chi connectivity index (χ2v) is 9.42. The van der Waals surface area contributed by atoms with Crippen molar-refractivity contribution in [3.05, 3.63) is 35.1 Å². The number of alkyl halides is 3. The first kappa shape index (κ1) is 32.3. The van der Waals surface area contributed by atoms with Gasteiger partial charge >= 0.3 is 12.1 Å². The van der Waals surface area contributed by atoms with Crippen LogP contribution in [0.2, 0.25) is 0 Å². The summed E-state index contributed by atoms with van der Waals surface area (Å²) in [5.74, 6) is -5.29. The Hall–Kier alpha value is -3.71. The van der Waals surface area contributed by atoms with Crippen LogP contribution in [0.15, 0.2) is 18.2 Å². The third-order valence-electron chi connectivity index (χ3n) is 6.28. The Morgan fingerprint density at radius 2 is 1.74 bits per heavy atom. The lowest BCUT2D eigenvalue weighted by Gasteiger charge is -2.40. The van der Waals surface area contributed by atoms with Crippen molar-refractivity contribution < 1.29 is 52.4 Å². The summed E-state index contributed by atoms with van der Waals surface area (Å²) in [6.07, 6.45) is -3.34. The minimum atomic E-state index is -5.19. The van der Waals surface area contributed by atoms with Crippen LogP contribution in [-0.4, -0.2) is 64.9 Å². The fourth-order valence-corrected chi connectivity index (χ4v) is 4.05. The number of hydrogen-bond donors (Lipinski definition) is 4. The summed E-state index contributed by atoms with van der Waals surface area (Å²) in [5, 5.41) is 26.0. The smallest absolute Gasteiger partial charge is 0.430 e. The van der Waals surface area contributed by atoms with Gasteiger partial charge in [0.2, 0.25) is 5.91 Å². The number of aliphatic carboxylic acids is 2. The molecule has 2 rings (SSSR count). The monoisotopic (exact) mass is 548 g/mol.